The van der Waals surface area contributed by atoms with Crippen molar-refractivity contribution in [3.8, 4) is 6.19 Å². The molecule has 1 aromatic heterocycles. The minimum atomic E-state index is 0.0849. The first kappa shape index (κ1) is 17.3. The van der Waals surface area contributed by atoms with E-state index >= 15 is 0 Å². The summed E-state index contributed by atoms with van der Waals surface area (Å²) in [6, 6.07) is 12.5. The summed E-state index contributed by atoms with van der Waals surface area (Å²) in [4.78, 5) is 23.0. The van der Waals surface area contributed by atoms with E-state index in [0.717, 1.165) is 37.4 Å². The van der Waals surface area contributed by atoms with Crippen molar-refractivity contribution in [2.45, 2.75) is 32.0 Å². The van der Waals surface area contributed by atoms with Gasteiger partial charge in [-0.25, -0.2) is 4.98 Å². The summed E-state index contributed by atoms with van der Waals surface area (Å²) in [5.41, 5.74) is 3.65. The Balaban J connectivity index is 1.41. The van der Waals surface area contributed by atoms with Crippen LogP contribution in [-0.2, 0) is 24.3 Å². The molecule has 138 valence electrons. The molecule has 1 amide bonds. The van der Waals surface area contributed by atoms with Crippen LogP contribution in [0, 0.1) is 11.5 Å². The molecule has 0 saturated carbocycles. The zero-order chi connectivity index (χ0) is 18.8. The minimum absolute atomic E-state index is 0.0849. The van der Waals surface area contributed by atoms with Crippen LogP contribution >= 0.6 is 0 Å². The van der Waals surface area contributed by atoms with Crippen LogP contribution in [0.1, 0.15) is 23.1 Å². The summed E-state index contributed by atoms with van der Waals surface area (Å²) in [7, 11) is 1.84. The van der Waals surface area contributed by atoms with Crippen LogP contribution < -0.4 is 4.90 Å². The molecule has 0 aliphatic carbocycles. The fourth-order valence-electron chi connectivity index (χ4n) is 3.89. The zero-order valence-corrected chi connectivity index (χ0v) is 15.5. The Labute approximate surface area is 159 Å². The van der Waals surface area contributed by atoms with Gasteiger partial charge in [-0.05, 0) is 35.2 Å². The lowest BCUT2D eigenvalue weighted by atomic mass is 10.1. The third kappa shape index (κ3) is 3.59. The number of carbonyl (C=O) groups is 1. The topological polar surface area (TPSA) is 63.5 Å². The van der Waals surface area contributed by atoms with Gasteiger partial charge in [-0.3, -0.25) is 4.79 Å². The lowest BCUT2D eigenvalue weighted by Gasteiger charge is -2.24. The highest BCUT2D eigenvalue weighted by Gasteiger charge is 2.28. The molecule has 0 unspecified atom stereocenters. The number of likely N-dealkylation sites (N-methyl/N-ethyl adjacent to an activating group) is 1. The Hall–Kier alpha value is -3.07. The van der Waals surface area contributed by atoms with Gasteiger partial charge in [0.1, 0.15) is 5.82 Å². The van der Waals surface area contributed by atoms with Crippen molar-refractivity contribution in [3.63, 3.8) is 0 Å². The van der Waals surface area contributed by atoms with E-state index in [-0.39, 0.29) is 11.9 Å². The summed E-state index contributed by atoms with van der Waals surface area (Å²) in [5, 5.41) is 9.00. The number of nitriles is 1. The number of hydrogen-bond acceptors (Lipinski definition) is 5. The second kappa shape index (κ2) is 7.28. The SMILES string of the molecule is CN(C(=O)Cc1ccnc(N2Cc3ccccc3C2)c1)[C@@H]1CCN(C#N)C1. The summed E-state index contributed by atoms with van der Waals surface area (Å²) in [6.45, 7) is 3.07. The van der Waals surface area contributed by atoms with Crippen LogP contribution in [-0.4, -0.2) is 46.9 Å². The summed E-state index contributed by atoms with van der Waals surface area (Å²) in [6.07, 6.45) is 5.16. The van der Waals surface area contributed by atoms with Crippen molar-refractivity contribution >= 4 is 11.7 Å². The van der Waals surface area contributed by atoms with Gasteiger partial charge in [0.2, 0.25) is 5.91 Å². The number of hydrogen-bond donors (Lipinski definition) is 0. The van der Waals surface area contributed by atoms with Gasteiger partial charge in [0.15, 0.2) is 6.19 Å². The summed E-state index contributed by atoms with van der Waals surface area (Å²) < 4.78 is 0. The van der Waals surface area contributed by atoms with Crippen LogP contribution in [0.4, 0.5) is 5.82 Å². The molecule has 0 bridgehead atoms. The molecule has 3 heterocycles. The van der Waals surface area contributed by atoms with Crippen LogP contribution in [0.2, 0.25) is 0 Å². The molecule has 2 aromatic rings. The number of benzene rings is 1. The Morgan fingerprint density at radius 3 is 2.70 bits per heavy atom. The van der Waals surface area contributed by atoms with Crippen molar-refractivity contribution in [2.75, 3.05) is 25.0 Å². The maximum Gasteiger partial charge on any atom is 0.227 e. The zero-order valence-electron chi connectivity index (χ0n) is 15.5. The first-order valence-corrected chi connectivity index (χ1v) is 9.31. The van der Waals surface area contributed by atoms with Crippen molar-refractivity contribution in [1.82, 2.24) is 14.8 Å². The molecule has 0 radical (unpaired) electrons. The number of likely N-dealkylation sites (tertiary alicyclic amines) is 1. The van der Waals surface area contributed by atoms with Crippen molar-refractivity contribution in [1.29, 1.82) is 5.26 Å². The number of rotatable bonds is 4. The fourth-order valence-corrected chi connectivity index (χ4v) is 3.89. The van der Waals surface area contributed by atoms with E-state index in [0.29, 0.717) is 13.0 Å². The minimum Gasteiger partial charge on any atom is -0.348 e. The van der Waals surface area contributed by atoms with Crippen LogP contribution in [0.15, 0.2) is 42.6 Å². The molecule has 2 aliphatic heterocycles. The molecule has 27 heavy (non-hydrogen) atoms. The van der Waals surface area contributed by atoms with Crippen LogP contribution in [0.5, 0.6) is 0 Å². The number of amides is 1. The van der Waals surface area contributed by atoms with Gasteiger partial charge in [0.25, 0.3) is 0 Å². The normalized spacial score (nSPS) is 18.3. The van der Waals surface area contributed by atoms with Gasteiger partial charge < -0.3 is 14.7 Å². The maximum atomic E-state index is 12.7. The molecule has 1 atom stereocenters. The smallest absolute Gasteiger partial charge is 0.227 e. The van der Waals surface area contributed by atoms with Gasteiger partial charge in [0.05, 0.1) is 12.5 Å². The van der Waals surface area contributed by atoms with Crippen molar-refractivity contribution in [3.05, 3.63) is 59.3 Å². The van der Waals surface area contributed by atoms with E-state index in [9.17, 15) is 4.79 Å². The number of aromatic nitrogens is 1. The Bertz CT molecular complexity index is 865. The average Bonchev–Trinajstić information content (AvgIpc) is 3.34. The molecular formula is C21H23N5O. The van der Waals surface area contributed by atoms with E-state index in [2.05, 4.69) is 40.3 Å². The third-order valence-corrected chi connectivity index (χ3v) is 5.58. The Kier molecular flexibility index (Phi) is 4.68. The molecule has 4 rings (SSSR count). The highest BCUT2D eigenvalue weighted by atomic mass is 16.2. The maximum absolute atomic E-state index is 12.7. The molecule has 1 saturated heterocycles. The summed E-state index contributed by atoms with van der Waals surface area (Å²) in [5.74, 6) is 0.998. The lowest BCUT2D eigenvalue weighted by Crippen LogP contribution is -2.39. The van der Waals surface area contributed by atoms with Gasteiger partial charge in [-0.15, -0.1) is 0 Å². The quantitative estimate of drug-likeness (QED) is 0.781. The highest BCUT2D eigenvalue weighted by Crippen LogP contribution is 2.27. The second-order valence-electron chi connectivity index (χ2n) is 7.32. The predicted molar refractivity (Wildman–Crippen MR) is 103 cm³/mol. The Morgan fingerprint density at radius 2 is 2.04 bits per heavy atom. The van der Waals surface area contributed by atoms with E-state index in [1.807, 2.05) is 19.2 Å². The monoisotopic (exact) mass is 361 g/mol. The fraction of sp³-hybridized carbons (Fsp3) is 0.381. The van der Waals surface area contributed by atoms with Gasteiger partial charge >= 0.3 is 0 Å². The standard InChI is InChI=1S/C21H23N5O/c1-24(19-7-9-25(14-19)15-22)21(27)11-16-6-8-23-20(10-16)26-12-17-4-2-3-5-18(17)13-26/h2-6,8,10,19H,7,9,11-14H2,1H3/t19-/m1/s1. The second-order valence-corrected chi connectivity index (χ2v) is 7.32. The lowest BCUT2D eigenvalue weighted by molar-refractivity contribution is -0.131. The molecule has 0 N–H and O–H groups in total. The Morgan fingerprint density at radius 1 is 1.30 bits per heavy atom. The van der Waals surface area contributed by atoms with Gasteiger partial charge in [-0.1, -0.05) is 24.3 Å². The largest absolute Gasteiger partial charge is 0.348 e. The first-order valence-electron chi connectivity index (χ1n) is 9.31. The van der Waals surface area contributed by atoms with Gasteiger partial charge in [-0.2, -0.15) is 5.26 Å². The number of anilines is 1. The average molecular weight is 361 g/mol. The van der Waals surface area contributed by atoms with Crippen LogP contribution in [0.3, 0.4) is 0 Å². The predicted octanol–water partition coefficient (Wildman–Crippen LogP) is 2.16. The number of fused-ring (bicyclic) bond motifs is 1. The molecule has 6 heteroatoms. The van der Waals surface area contributed by atoms with Crippen LogP contribution in [0.25, 0.3) is 0 Å². The van der Waals surface area contributed by atoms with E-state index < -0.39 is 0 Å². The molecule has 6 nitrogen and oxygen atoms in total. The van der Waals surface area contributed by atoms with E-state index in [1.54, 1.807) is 16.0 Å². The number of pyridine rings is 1. The highest BCUT2D eigenvalue weighted by molar-refractivity contribution is 5.79. The van der Waals surface area contributed by atoms with E-state index in [4.69, 9.17) is 5.26 Å². The number of carbonyl (C=O) groups excluding carboxylic acids is 1. The molecule has 2 aliphatic rings. The van der Waals surface area contributed by atoms with E-state index in [1.165, 1.54) is 11.1 Å². The third-order valence-electron chi connectivity index (χ3n) is 5.58. The molecular weight excluding hydrogens is 338 g/mol. The van der Waals surface area contributed by atoms with Gasteiger partial charge in [0, 0.05) is 39.4 Å². The molecule has 1 aromatic carbocycles. The van der Waals surface area contributed by atoms with Crippen molar-refractivity contribution in [2.24, 2.45) is 0 Å². The molecule has 1 fully saturated rings. The number of nitrogens with zero attached hydrogens (tertiary/aromatic N) is 5. The molecule has 0 spiro atoms. The summed E-state index contributed by atoms with van der Waals surface area (Å²) >= 11 is 0. The first-order chi connectivity index (χ1) is 13.1. The van der Waals surface area contributed by atoms with Crippen molar-refractivity contribution < 1.29 is 4.79 Å².